The van der Waals surface area contributed by atoms with E-state index in [1.54, 1.807) is 18.2 Å². The number of nitrogens with one attached hydrogen (secondary N) is 1. The molecule has 6 nitrogen and oxygen atoms in total. The van der Waals surface area contributed by atoms with Crippen LogP contribution in [0.3, 0.4) is 0 Å². The topological polar surface area (TPSA) is 69.0 Å². The molecule has 0 saturated heterocycles. The number of hydrogen-bond donors (Lipinski definition) is 1. The van der Waals surface area contributed by atoms with Crippen LogP contribution < -0.4 is 10.1 Å². The summed E-state index contributed by atoms with van der Waals surface area (Å²) >= 11 is 7.34. The second-order valence-corrected chi connectivity index (χ2v) is 8.49. The number of rotatable bonds is 9. The minimum absolute atomic E-state index is 0.144. The number of ether oxygens (including phenoxy) is 1. The van der Waals surface area contributed by atoms with E-state index in [0.29, 0.717) is 28.2 Å². The van der Waals surface area contributed by atoms with E-state index in [1.807, 2.05) is 55.7 Å². The molecule has 3 rings (SSSR count). The van der Waals surface area contributed by atoms with Crippen LogP contribution in [0, 0.1) is 13.8 Å². The molecule has 0 aliphatic carbocycles. The molecule has 3 aromatic rings. The molecule has 8 heteroatoms. The van der Waals surface area contributed by atoms with Crippen molar-refractivity contribution in [1.82, 2.24) is 14.8 Å². The minimum atomic E-state index is -0.313. The minimum Gasteiger partial charge on any atom is -0.483 e. The van der Waals surface area contributed by atoms with E-state index in [2.05, 4.69) is 22.1 Å². The zero-order chi connectivity index (χ0) is 22.4. The molecule has 1 heterocycles. The van der Waals surface area contributed by atoms with Gasteiger partial charge < -0.3 is 10.1 Å². The summed E-state index contributed by atoms with van der Waals surface area (Å²) in [5, 5.41) is 12.7. The van der Waals surface area contributed by atoms with E-state index in [9.17, 15) is 4.79 Å². The summed E-state index contributed by atoms with van der Waals surface area (Å²) < 4.78 is 7.94. The monoisotopic (exact) mass is 456 g/mol. The highest BCUT2D eigenvalue weighted by molar-refractivity contribution is 7.99. The van der Waals surface area contributed by atoms with Gasteiger partial charge in [0.15, 0.2) is 17.1 Å². The van der Waals surface area contributed by atoms with Crippen molar-refractivity contribution in [2.75, 3.05) is 11.1 Å². The highest BCUT2D eigenvalue weighted by Gasteiger charge is 2.20. The molecule has 1 N–H and O–H groups in total. The fourth-order valence-corrected chi connectivity index (χ4v) is 3.85. The first-order chi connectivity index (χ1) is 14.9. The predicted molar refractivity (Wildman–Crippen MR) is 126 cm³/mol. The quantitative estimate of drug-likeness (QED) is 0.335. The molecule has 2 aromatic carbocycles. The second-order valence-electron chi connectivity index (χ2n) is 7.11. The Morgan fingerprint density at radius 3 is 2.71 bits per heavy atom. The molecule has 0 fully saturated rings. The zero-order valence-electron chi connectivity index (χ0n) is 17.8. The Morgan fingerprint density at radius 1 is 1.26 bits per heavy atom. The number of allylic oxidation sites excluding steroid dienone is 1. The molecule has 31 heavy (non-hydrogen) atoms. The van der Waals surface area contributed by atoms with Crippen LogP contribution in [0.5, 0.6) is 5.75 Å². The van der Waals surface area contributed by atoms with Gasteiger partial charge in [-0.15, -0.1) is 16.8 Å². The number of aromatic nitrogens is 3. The molecular weight excluding hydrogens is 432 g/mol. The number of anilines is 1. The highest BCUT2D eigenvalue weighted by Crippen LogP contribution is 2.26. The van der Waals surface area contributed by atoms with E-state index >= 15 is 0 Å². The number of hydrogen-bond acceptors (Lipinski definition) is 5. The number of amides is 1. The zero-order valence-corrected chi connectivity index (χ0v) is 19.3. The normalized spacial score (nSPS) is 11.7. The number of aryl methyl sites for hydroxylation is 2. The molecule has 0 spiro atoms. The first-order valence-corrected chi connectivity index (χ1v) is 11.2. The number of carbonyl (C=O) groups is 1. The van der Waals surface area contributed by atoms with Gasteiger partial charge in [-0.05, 0) is 50.6 Å². The molecule has 1 atom stereocenters. The summed E-state index contributed by atoms with van der Waals surface area (Å²) in [4.78, 5) is 12.5. The molecule has 0 aliphatic heterocycles. The average molecular weight is 457 g/mol. The van der Waals surface area contributed by atoms with Gasteiger partial charge in [0.1, 0.15) is 5.75 Å². The van der Waals surface area contributed by atoms with Gasteiger partial charge >= 0.3 is 0 Å². The standard InChI is InChI=1S/C23H25ClN4O2S/c1-5-12-28-22(17(4)30-19-10-6-15(2)7-11-19)26-27-23(28)31-14-21(29)25-20-13-18(24)9-8-16(20)3/h5-11,13,17H,1,12,14H2,2-4H3,(H,25,29). The van der Waals surface area contributed by atoms with Crippen molar-refractivity contribution >= 4 is 35.0 Å². The summed E-state index contributed by atoms with van der Waals surface area (Å²) in [5.74, 6) is 1.48. The molecule has 1 aromatic heterocycles. The van der Waals surface area contributed by atoms with Crippen LogP contribution in [0.25, 0.3) is 0 Å². The lowest BCUT2D eigenvalue weighted by molar-refractivity contribution is -0.113. The van der Waals surface area contributed by atoms with Crippen LogP contribution in [0.2, 0.25) is 5.02 Å². The molecule has 0 radical (unpaired) electrons. The largest absolute Gasteiger partial charge is 0.483 e. The van der Waals surface area contributed by atoms with Gasteiger partial charge in [0.25, 0.3) is 0 Å². The van der Waals surface area contributed by atoms with Gasteiger partial charge in [0.05, 0.1) is 5.75 Å². The van der Waals surface area contributed by atoms with Crippen molar-refractivity contribution in [3.05, 3.63) is 77.1 Å². The van der Waals surface area contributed by atoms with Crippen molar-refractivity contribution in [2.45, 2.75) is 38.6 Å². The van der Waals surface area contributed by atoms with E-state index in [4.69, 9.17) is 16.3 Å². The van der Waals surface area contributed by atoms with Gasteiger partial charge in [-0.25, -0.2) is 0 Å². The Bertz CT molecular complexity index is 1070. The van der Waals surface area contributed by atoms with Crippen LogP contribution >= 0.6 is 23.4 Å². The van der Waals surface area contributed by atoms with Crippen molar-refractivity contribution in [3.8, 4) is 5.75 Å². The Balaban J connectivity index is 1.68. The highest BCUT2D eigenvalue weighted by atomic mass is 35.5. The van der Waals surface area contributed by atoms with Crippen LogP contribution in [0.4, 0.5) is 5.69 Å². The van der Waals surface area contributed by atoms with Gasteiger partial charge in [-0.3, -0.25) is 9.36 Å². The second kappa shape index (κ2) is 10.5. The maximum absolute atomic E-state index is 12.5. The maximum atomic E-state index is 12.5. The fraction of sp³-hybridized carbons (Fsp3) is 0.261. The third-order valence-electron chi connectivity index (χ3n) is 4.56. The first-order valence-electron chi connectivity index (χ1n) is 9.83. The molecule has 162 valence electrons. The summed E-state index contributed by atoms with van der Waals surface area (Å²) in [7, 11) is 0. The third kappa shape index (κ3) is 6.12. The molecule has 0 aliphatic rings. The van der Waals surface area contributed by atoms with Crippen molar-refractivity contribution in [1.29, 1.82) is 0 Å². The molecular formula is C23H25ClN4O2S. The average Bonchev–Trinajstić information content (AvgIpc) is 3.14. The van der Waals surface area contributed by atoms with Gasteiger partial charge in [-0.2, -0.15) is 0 Å². The predicted octanol–water partition coefficient (Wildman–Crippen LogP) is 5.61. The van der Waals surface area contributed by atoms with Crippen molar-refractivity contribution < 1.29 is 9.53 Å². The van der Waals surface area contributed by atoms with E-state index in [1.165, 1.54) is 17.3 Å². The summed E-state index contributed by atoms with van der Waals surface area (Å²) in [6.45, 7) is 10.2. The van der Waals surface area contributed by atoms with Crippen molar-refractivity contribution in [3.63, 3.8) is 0 Å². The first kappa shape index (κ1) is 22.9. The third-order valence-corrected chi connectivity index (χ3v) is 5.76. The molecule has 1 unspecified atom stereocenters. The lowest BCUT2D eigenvalue weighted by atomic mass is 10.2. The van der Waals surface area contributed by atoms with E-state index < -0.39 is 0 Å². The van der Waals surface area contributed by atoms with Crippen LogP contribution in [-0.2, 0) is 11.3 Å². The summed E-state index contributed by atoms with van der Waals surface area (Å²) in [6.07, 6.45) is 1.46. The van der Waals surface area contributed by atoms with Crippen molar-refractivity contribution in [2.24, 2.45) is 0 Å². The molecule has 0 bridgehead atoms. The Kier molecular flexibility index (Phi) is 7.76. The van der Waals surface area contributed by atoms with Crippen LogP contribution in [-0.4, -0.2) is 26.4 Å². The number of thioether (sulfide) groups is 1. The van der Waals surface area contributed by atoms with E-state index in [0.717, 1.165) is 11.3 Å². The SMILES string of the molecule is C=CCn1c(SCC(=O)Nc2cc(Cl)ccc2C)nnc1C(C)Oc1ccc(C)cc1. The Labute approximate surface area is 191 Å². The number of carbonyl (C=O) groups excluding carboxylic acids is 1. The van der Waals surface area contributed by atoms with Gasteiger partial charge in [-0.1, -0.05) is 53.2 Å². The van der Waals surface area contributed by atoms with Crippen LogP contribution in [0.15, 0.2) is 60.3 Å². The van der Waals surface area contributed by atoms with Crippen LogP contribution in [0.1, 0.15) is 30.0 Å². The van der Waals surface area contributed by atoms with Gasteiger partial charge in [0.2, 0.25) is 5.91 Å². The lowest BCUT2D eigenvalue weighted by Gasteiger charge is -2.16. The number of benzene rings is 2. The van der Waals surface area contributed by atoms with Gasteiger partial charge in [0, 0.05) is 17.3 Å². The summed E-state index contributed by atoms with van der Waals surface area (Å²) in [5.41, 5.74) is 2.81. The number of nitrogens with zero attached hydrogens (tertiary/aromatic N) is 3. The number of halogens is 1. The maximum Gasteiger partial charge on any atom is 0.234 e. The fourth-order valence-electron chi connectivity index (χ4n) is 2.93. The summed E-state index contributed by atoms with van der Waals surface area (Å²) in [6, 6.07) is 13.3. The molecule has 1 amide bonds. The Morgan fingerprint density at radius 2 is 2.00 bits per heavy atom. The lowest BCUT2D eigenvalue weighted by Crippen LogP contribution is -2.16. The van der Waals surface area contributed by atoms with E-state index in [-0.39, 0.29) is 17.8 Å². The smallest absolute Gasteiger partial charge is 0.234 e. The molecule has 0 saturated carbocycles. The Hall–Kier alpha value is -2.77.